The Kier molecular flexibility index (Phi) is 37.3. The number of nitrogens with zero attached hydrogens (tertiary/aromatic N) is 1. The molecule has 0 aromatic rings. The van der Waals surface area contributed by atoms with Crippen LogP contribution in [-0.2, 0) is 27.9 Å². The summed E-state index contributed by atoms with van der Waals surface area (Å²) in [7, 11) is 1.69. The van der Waals surface area contributed by atoms with Crippen LogP contribution in [0.25, 0.3) is 0 Å². The zero-order valence-electron chi connectivity index (χ0n) is 35.8. The van der Waals surface area contributed by atoms with Crippen molar-refractivity contribution in [2.75, 3.05) is 47.5 Å². The lowest BCUT2D eigenvalue weighted by Crippen LogP contribution is -2.37. The molecule has 0 aromatic carbocycles. The van der Waals surface area contributed by atoms with Crippen molar-refractivity contribution in [1.82, 2.24) is 0 Å². The molecule has 0 aliphatic heterocycles. The molecule has 1 unspecified atom stereocenters. The molecule has 53 heavy (non-hydrogen) atoms. The average Bonchev–Trinajstić information content (AvgIpc) is 3.11. The Hall–Kier alpha value is -0.920. The van der Waals surface area contributed by atoms with Crippen LogP contribution in [0.5, 0.6) is 0 Å². The number of esters is 1. The van der Waals surface area contributed by atoms with Crippen LogP contribution in [0.3, 0.4) is 0 Å². The summed E-state index contributed by atoms with van der Waals surface area (Å²) in [5, 5.41) is 0. The maximum atomic E-state index is 12.5. The standard InChI is InChI=1S/C44H88NO7P/c1-6-8-10-12-14-16-18-20-22-24-26-28-30-32-34-36-39-49-43(42-52-53(47,48)51-40-38-45(3,4)5)41-50-44(46)37-35-33-31-29-27-25-23-21-19-17-15-13-11-9-7-2/h36,39,43H,6-35,37-38,40-42H2,1-5H3/p+1/b39-36-/t43-/m1/s1. The van der Waals surface area contributed by atoms with E-state index in [9.17, 15) is 14.3 Å². The second-order valence-corrected chi connectivity index (χ2v) is 18.0. The highest BCUT2D eigenvalue weighted by molar-refractivity contribution is 7.47. The largest absolute Gasteiger partial charge is 0.492 e. The maximum Gasteiger partial charge on any atom is 0.472 e. The first-order valence-electron chi connectivity index (χ1n) is 22.5. The van der Waals surface area contributed by atoms with Gasteiger partial charge in [0.05, 0.1) is 34.0 Å². The number of unbranched alkanes of at least 4 members (excludes halogenated alkanes) is 28. The first kappa shape index (κ1) is 52.1. The predicted molar refractivity (Wildman–Crippen MR) is 224 cm³/mol. The smallest absolute Gasteiger partial charge is 0.472 e. The van der Waals surface area contributed by atoms with Gasteiger partial charge in [0.1, 0.15) is 19.8 Å². The van der Waals surface area contributed by atoms with Crippen molar-refractivity contribution in [3.63, 3.8) is 0 Å². The molecule has 0 aliphatic rings. The number of rotatable bonds is 42. The number of hydrogen-bond donors (Lipinski definition) is 1. The van der Waals surface area contributed by atoms with Gasteiger partial charge in [0.15, 0.2) is 6.10 Å². The lowest BCUT2D eigenvalue weighted by atomic mass is 10.0. The molecule has 316 valence electrons. The van der Waals surface area contributed by atoms with Gasteiger partial charge < -0.3 is 18.9 Å². The SMILES string of the molecule is CCCCCCCCCCCCCCCC/C=C\O[C@H](COC(=O)CCCCCCCCCCCCCCCCC)COP(=O)(O)OCC[N+](C)(C)C. The Morgan fingerprint density at radius 1 is 0.585 bits per heavy atom. The Morgan fingerprint density at radius 2 is 0.981 bits per heavy atom. The summed E-state index contributed by atoms with van der Waals surface area (Å²) in [6.07, 6.45) is 42.0. The number of hydrogen-bond acceptors (Lipinski definition) is 6. The molecule has 0 heterocycles. The molecule has 0 aliphatic carbocycles. The summed E-state index contributed by atoms with van der Waals surface area (Å²) in [5.41, 5.74) is 0. The molecule has 1 N–H and O–H groups in total. The van der Waals surface area contributed by atoms with E-state index in [1.165, 1.54) is 161 Å². The fourth-order valence-electron chi connectivity index (χ4n) is 6.36. The Labute approximate surface area is 329 Å². The number of carbonyl (C=O) groups is 1. The third-order valence-electron chi connectivity index (χ3n) is 9.95. The number of allylic oxidation sites excluding steroid dienone is 1. The summed E-state index contributed by atoms with van der Waals surface area (Å²) in [6, 6.07) is 0. The van der Waals surface area contributed by atoms with Gasteiger partial charge in [-0.05, 0) is 25.3 Å². The van der Waals surface area contributed by atoms with Crippen LogP contribution in [0, 0.1) is 0 Å². The molecule has 2 atom stereocenters. The monoisotopic (exact) mass is 775 g/mol. The van der Waals surface area contributed by atoms with Gasteiger partial charge in [-0.2, -0.15) is 0 Å². The molecule has 0 fully saturated rings. The number of phosphoric ester groups is 1. The Bertz CT molecular complexity index is 863. The predicted octanol–water partition coefficient (Wildman–Crippen LogP) is 13.4. The van der Waals surface area contributed by atoms with Crippen molar-refractivity contribution in [3.8, 4) is 0 Å². The number of carbonyl (C=O) groups excluding carboxylic acids is 1. The fraction of sp³-hybridized carbons (Fsp3) is 0.932. The van der Waals surface area contributed by atoms with Gasteiger partial charge in [0.2, 0.25) is 0 Å². The second-order valence-electron chi connectivity index (χ2n) is 16.5. The second kappa shape index (κ2) is 38.0. The number of phosphoric acid groups is 1. The van der Waals surface area contributed by atoms with Crippen molar-refractivity contribution in [3.05, 3.63) is 12.3 Å². The molecular formula is C44H89NO7P+. The van der Waals surface area contributed by atoms with Crippen LogP contribution in [0.4, 0.5) is 0 Å². The van der Waals surface area contributed by atoms with E-state index in [0.717, 1.165) is 32.1 Å². The Balaban J connectivity index is 4.24. The lowest BCUT2D eigenvalue weighted by Gasteiger charge is -2.24. The minimum absolute atomic E-state index is 0.0420. The molecule has 9 heteroatoms. The Morgan fingerprint density at radius 3 is 1.40 bits per heavy atom. The van der Waals surface area contributed by atoms with Crippen LogP contribution in [0.15, 0.2) is 12.3 Å². The minimum atomic E-state index is -4.26. The van der Waals surface area contributed by atoms with Gasteiger partial charge in [0, 0.05) is 6.42 Å². The van der Waals surface area contributed by atoms with Crippen molar-refractivity contribution < 1.29 is 37.3 Å². The highest BCUT2D eigenvalue weighted by Crippen LogP contribution is 2.43. The quantitative estimate of drug-likeness (QED) is 0.0217. The van der Waals surface area contributed by atoms with Crippen molar-refractivity contribution in [2.45, 2.75) is 219 Å². The molecule has 0 spiro atoms. The highest BCUT2D eigenvalue weighted by atomic mass is 31.2. The van der Waals surface area contributed by atoms with E-state index < -0.39 is 13.9 Å². The summed E-state index contributed by atoms with van der Waals surface area (Å²) >= 11 is 0. The van der Waals surface area contributed by atoms with E-state index in [4.69, 9.17) is 18.5 Å². The molecule has 0 saturated heterocycles. The number of quaternary nitrogens is 1. The lowest BCUT2D eigenvalue weighted by molar-refractivity contribution is -0.870. The molecule has 0 bridgehead atoms. The summed E-state index contributed by atoms with van der Waals surface area (Å²) in [5.74, 6) is -0.272. The molecule has 0 amide bonds. The van der Waals surface area contributed by atoms with E-state index in [0.29, 0.717) is 17.4 Å². The first-order valence-corrected chi connectivity index (χ1v) is 24.0. The molecule has 8 nitrogen and oxygen atoms in total. The van der Waals surface area contributed by atoms with Gasteiger partial charge in [-0.3, -0.25) is 13.8 Å². The third kappa shape index (κ3) is 42.1. The van der Waals surface area contributed by atoms with Crippen molar-refractivity contribution in [2.24, 2.45) is 0 Å². The maximum absolute atomic E-state index is 12.5. The van der Waals surface area contributed by atoms with Gasteiger partial charge >= 0.3 is 13.8 Å². The molecule has 0 saturated carbocycles. The van der Waals surface area contributed by atoms with Crippen LogP contribution in [-0.4, -0.2) is 69.0 Å². The summed E-state index contributed by atoms with van der Waals surface area (Å²) in [4.78, 5) is 22.7. The normalized spacial score (nSPS) is 13.8. The minimum Gasteiger partial charge on any atom is -0.492 e. The van der Waals surface area contributed by atoms with Gasteiger partial charge in [0.25, 0.3) is 0 Å². The fourth-order valence-corrected chi connectivity index (χ4v) is 7.10. The molecule has 0 radical (unpaired) electrons. The third-order valence-corrected chi connectivity index (χ3v) is 10.9. The van der Waals surface area contributed by atoms with E-state index in [2.05, 4.69) is 13.8 Å². The van der Waals surface area contributed by atoms with Crippen LogP contribution >= 0.6 is 7.82 Å². The van der Waals surface area contributed by atoms with Crippen LogP contribution in [0.2, 0.25) is 0 Å². The molecule has 0 rings (SSSR count). The van der Waals surface area contributed by atoms with E-state index >= 15 is 0 Å². The van der Waals surface area contributed by atoms with Gasteiger partial charge in [-0.15, -0.1) is 0 Å². The zero-order chi connectivity index (χ0) is 39.1. The zero-order valence-corrected chi connectivity index (χ0v) is 36.7. The molecular weight excluding hydrogens is 685 g/mol. The van der Waals surface area contributed by atoms with E-state index in [1.54, 1.807) is 6.26 Å². The summed E-state index contributed by atoms with van der Waals surface area (Å²) in [6.45, 7) is 4.94. The topological polar surface area (TPSA) is 91.3 Å². The number of likely N-dealkylation sites (N-methyl/N-ethyl adjacent to an activating group) is 1. The average molecular weight is 775 g/mol. The van der Waals surface area contributed by atoms with E-state index in [-0.39, 0.29) is 25.8 Å². The van der Waals surface area contributed by atoms with Crippen LogP contribution < -0.4 is 0 Å². The van der Waals surface area contributed by atoms with Gasteiger partial charge in [-0.1, -0.05) is 187 Å². The summed E-state index contributed by atoms with van der Waals surface area (Å²) < 4.78 is 34.8. The highest BCUT2D eigenvalue weighted by Gasteiger charge is 2.25. The van der Waals surface area contributed by atoms with E-state index in [1.807, 2.05) is 27.2 Å². The van der Waals surface area contributed by atoms with Gasteiger partial charge in [-0.25, -0.2) is 4.57 Å². The van der Waals surface area contributed by atoms with Crippen molar-refractivity contribution >= 4 is 13.8 Å². The molecule has 0 aromatic heterocycles. The van der Waals surface area contributed by atoms with Crippen LogP contribution in [0.1, 0.15) is 213 Å². The van der Waals surface area contributed by atoms with Crippen molar-refractivity contribution in [1.29, 1.82) is 0 Å². The first-order chi connectivity index (χ1) is 25.6. The number of ether oxygens (including phenoxy) is 2.